The molecule has 1 aliphatic carbocycles. The zero-order chi connectivity index (χ0) is 12.1. The molecule has 0 amide bonds. The van der Waals surface area contributed by atoms with E-state index in [1.54, 1.807) is 0 Å². The highest BCUT2D eigenvalue weighted by molar-refractivity contribution is 4.82. The summed E-state index contributed by atoms with van der Waals surface area (Å²) < 4.78 is 0. The van der Waals surface area contributed by atoms with E-state index in [0.717, 1.165) is 17.9 Å². The minimum atomic E-state index is 0.839. The molecule has 2 fully saturated rings. The van der Waals surface area contributed by atoms with E-state index in [4.69, 9.17) is 0 Å². The van der Waals surface area contributed by atoms with Gasteiger partial charge in [-0.2, -0.15) is 0 Å². The lowest BCUT2D eigenvalue weighted by Crippen LogP contribution is -2.35. The van der Waals surface area contributed by atoms with Crippen molar-refractivity contribution in [1.82, 2.24) is 10.2 Å². The Balaban J connectivity index is 1.59. The molecule has 2 nitrogen and oxygen atoms in total. The van der Waals surface area contributed by atoms with Crippen LogP contribution in [0.3, 0.4) is 0 Å². The van der Waals surface area contributed by atoms with Crippen LogP contribution in [0.15, 0.2) is 0 Å². The Hall–Kier alpha value is -0.0800. The number of rotatable bonds is 5. The summed E-state index contributed by atoms with van der Waals surface area (Å²) in [5.74, 6) is 1.95. The van der Waals surface area contributed by atoms with Crippen LogP contribution in [0.25, 0.3) is 0 Å². The molecule has 1 saturated heterocycles. The molecule has 0 aromatic heterocycles. The van der Waals surface area contributed by atoms with E-state index in [-0.39, 0.29) is 0 Å². The summed E-state index contributed by atoms with van der Waals surface area (Å²) >= 11 is 0. The molecule has 0 aromatic rings. The molecule has 2 unspecified atom stereocenters. The van der Waals surface area contributed by atoms with E-state index in [2.05, 4.69) is 24.2 Å². The highest BCUT2D eigenvalue weighted by atomic mass is 15.1. The first-order chi connectivity index (χ1) is 8.29. The van der Waals surface area contributed by atoms with Gasteiger partial charge in [-0.15, -0.1) is 0 Å². The van der Waals surface area contributed by atoms with Crippen LogP contribution in [0.4, 0.5) is 0 Å². The van der Waals surface area contributed by atoms with Crippen LogP contribution < -0.4 is 5.32 Å². The summed E-state index contributed by atoms with van der Waals surface area (Å²) in [6, 6.07) is 0.839. The van der Waals surface area contributed by atoms with Gasteiger partial charge >= 0.3 is 0 Å². The second-order valence-corrected chi connectivity index (χ2v) is 6.20. The quantitative estimate of drug-likeness (QED) is 0.792. The van der Waals surface area contributed by atoms with Crippen molar-refractivity contribution >= 4 is 0 Å². The summed E-state index contributed by atoms with van der Waals surface area (Å²) in [5.41, 5.74) is 0. The highest BCUT2D eigenvalue weighted by Crippen LogP contribution is 2.28. The lowest BCUT2D eigenvalue weighted by atomic mass is 9.93. The van der Waals surface area contributed by atoms with Crippen LogP contribution in [-0.2, 0) is 0 Å². The maximum atomic E-state index is 3.83. The Labute approximate surface area is 107 Å². The largest absolute Gasteiger partial charge is 0.314 e. The topological polar surface area (TPSA) is 15.3 Å². The van der Waals surface area contributed by atoms with E-state index in [1.165, 1.54) is 64.6 Å². The molecule has 1 saturated carbocycles. The Morgan fingerprint density at radius 3 is 2.59 bits per heavy atom. The molecule has 1 heterocycles. The van der Waals surface area contributed by atoms with Crippen molar-refractivity contribution in [2.24, 2.45) is 11.8 Å². The third kappa shape index (κ3) is 3.96. The van der Waals surface area contributed by atoms with Gasteiger partial charge in [0.15, 0.2) is 0 Å². The summed E-state index contributed by atoms with van der Waals surface area (Å²) in [5, 5.41) is 3.83. The van der Waals surface area contributed by atoms with Gasteiger partial charge in [0.1, 0.15) is 0 Å². The van der Waals surface area contributed by atoms with Crippen molar-refractivity contribution in [2.75, 3.05) is 26.7 Å². The molecule has 17 heavy (non-hydrogen) atoms. The zero-order valence-corrected chi connectivity index (χ0v) is 11.8. The van der Waals surface area contributed by atoms with Crippen LogP contribution in [0.1, 0.15) is 51.9 Å². The van der Waals surface area contributed by atoms with Crippen LogP contribution >= 0.6 is 0 Å². The van der Waals surface area contributed by atoms with Gasteiger partial charge in [0.2, 0.25) is 0 Å². The number of nitrogens with zero attached hydrogens (tertiary/aromatic N) is 1. The Bertz CT molecular complexity index is 209. The molecule has 0 radical (unpaired) electrons. The molecule has 1 aliphatic heterocycles. The van der Waals surface area contributed by atoms with Crippen molar-refractivity contribution in [3.05, 3.63) is 0 Å². The third-order valence-electron chi connectivity index (χ3n) is 4.98. The second-order valence-electron chi connectivity index (χ2n) is 6.20. The van der Waals surface area contributed by atoms with Crippen molar-refractivity contribution in [2.45, 2.75) is 57.9 Å². The summed E-state index contributed by atoms with van der Waals surface area (Å²) in [7, 11) is 2.25. The number of likely N-dealkylation sites (tertiary alicyclic amines) is 1. The summed E-state index contributed by atoms with van der Waals surface area (Å²) in [6.07, 6.45) is 9.94. The Kier molecular flexibility index (Phi) is 5.30. The molecule has 2 rings (SSSR count). The van der Waals surface area contributed by atoms with E-state index >= 15 is 0 Å². The van der Waals surface area contributed by atoms with Gasteiger partial charge in [-0.3, -0.25) is 0 Å². The van der Waals surface area contributed by atoms with Gasteiger partial charge in [-0.1, -0.05) is 19.8 Å². The van der Waals surface area contributed by atoms with Crippen molar-refractivity contribution in [1.29, 1.82) is 0 Å². The average molecular weight is 238 g/mol. The number of hydrogen-bond donors (Lipinski definition) is 1. The van der Waals surface area contributed by atoms with Gasteiger partial charge in [0, 0.05) is 6.04 Å². The fourth-order valence-corrected chi connectivity index (χ4v) is 3.62. The Morgan fingerprint density at radius 2 is 1.88 bits per heavy atom. The lowest BCUT2D eigenvalue weighted by Gasteiger charge is -2.29. The standard InChI is InChI=1S/C15H30N2/c1-3-14-5-4-6-15(14)16-10-7-13-8-11-17(2)12-9-13/h13-16H,3-12H2,1-2H3. The van der Waals surface area contributed by atoms with Crippen LogP contribution in [0.5, 0.6) is 0 Å². The average Bonchev–Trinajstić information content (AvgIpc) is 2.79. The molecular formula is C15H30N2. The predicted octanol–water partition coefficient (Wildman–Crippen LogP) is 2.89. The highest BCUT2D eigenvalue weighted by Gasteiger charge is 2.25. The smallest absolute Gasteiger partial charge is 0.00952 e. The fourth-order valence-electron chi connectivity index (χ4n) is 3.62. The molecule has 100 valence electrons. The first-order valence-electron chi connectivity index (χ1n) is 7.71. The number of nitrogens with one attached hydrogen (secondary N) is 1. The summed E-state index contributed by atoms with van der Waals surface area (Å²) in [4.78, 5) is 2.47. The normalized spacial score (nSPS) is 32.1. The van der Waals surface area contributed by atoms with E-state index in [0.29, 0.717) is 0 Å². The second kappa shape index (κ2) is 6.75. The van der Waals surface area contributed by atoms with Crippen molar-refractivity contribution < 1.29 is 0 Å². The molecule has 1 N–H and O–H groups in total. The maximum absolute atomic E-state index is 3.83. The number of hydrogen-bond acceptors (Lipinski definition) is 2. The van der Waals surface area contributed by atoms with Crippen molar-refractivity contribution in [3.63, 3.8) is 0 Å². The molecular weight excluding hydrogens is 208 g/mol. The third-order valence-corrected chi connectivity index (χ3v) is 4.98. The molecule has 0 aromatic carbocycles. The predicted molar refractivity (Wildman–Crippen MR) is 74.3 cm³/mol. The maximum Gasteiger partial charge on any atom is 0.00952 e. The Morgan fingerprint density at radius 1 is 1.12 bits per heavy atom. The fraction of sp³-hybridized carbons (Fsp3) is 1.00. The van der Waals surface area contributed by atoms with Crippen LogP contribution in [0, 0.1) is 11.8 Å². The van der Waals surface area contributed by atoms with Crippen molar-refractivity contribution in [3.8, 4) is 0 Å². The van der Waals surface area contributed by atoms with E-state index in [1.807, 2.05) is 0 Å². The van der Waals surface area contributed by atoms with E-state index in [9.17, 15) is 0 Å². The minimum absolute atomic E-state index is 0.839. The molecule has 0 bridgehead atoms. The van der Waals surface area contributed by atoms with Crippen LogP contribution in [0.2, 0.25) is 0 Å². The molecule has 2 atom stereocenters. The van der Waals surface area contributed by atoms with Gasteiger partial charge in [-0.25, -0.2) is 0 Å². The van der Waals surface area contributed by atoms with E-state index < -0.39 is 0 Å². The summed E-state index contributed by atoms with van der Waals surface area (Å²) in [6.45, 7) is 6.23. The molecule has 2 aliphatic rings. The first kappa shape index (κ1) is 13.4. The molecule has 2 heteroatoms. The SMILES string of the molecule is CCC1CCCC1NCCC1CCN(C)CC1. The molecule has 0 spiro atoms. The monoisotopic (exact) mass is 238 g/mol. The van der Waals surface area contributed by atoms with Crippen LogP contribution in [-0.4, -0.2) is 37.6 Å². The minimum Gasteiger partial charge on any atom is -0.314 e. The van der Waals surface area contributed by atoms with Gasteiger partial charge < -0.3 is 10.2 Å². The van der Waals surface area contributed by atoms with Gasteiger partial charge in [-0.05, 0) is 70.6 Å². The number of piperidine rings is 1. The first-order valence-corrected chi connectivity index (χ1v) is 7.71. The van der Waals surface area contributed by atoms with Gasteiger partial charge in [0.05, 0.1) is 0 Å². The lowest BCUT2D eigenvalue weighted by molar-refractivity contribution is 0.209. The van der Waals surface area contributed by atoms with Gasteiger partial charge in [0.25, 0.3) is 0 Å². The zero-order valence-electron chi connectivity index (χ0n) is 11.8.